The van der Waals surface area contributed by atoms with Gasteiger partial charge in [0.05, 0.1) is 0 Å². The molecule has 0 fully saturated rings. The van der Waals surface area contributed by atoms with Crippen LogP contribution < -0.4 is 0 Å². The number of ether oxygens (including phenoxy) is 1. The lowest BCUT2D eigenvalue weighted by molar-refractivity contribution is -0.129. The molecular weight excluding hydrogens is 268 g/mol. The first-order valence-corrected chi connectivity index (χ1v) is 6.21. The first kappa shape index (κ1) is 13.4. The van der Waals surface area contributed by atoms with Gasteiger partial charge < -0.3 is 4.74 Å². The van der Waals surface area contributed by atoms with Crippen molar-refractivity contribution in [1.29, 1.82) is 0 Å². The zero-order valence-electron chi connectivity index (χ0n) is 9.92. The minimum absolute atomic E-state index is 0.145. The zero-order chi connectivity index (χ0) is 12.1. The summed E-state index contributed by atoms with van der Waals surface area (Å²) in [4.78, 5) is 11.8. The molecule has 0 amide bonds. The van der Waals surface area contributed by atoms with Crippen molar-refractivity contribution in [2.45, 2.75) is 32.8 Å². The first-order chi connectivity index (χ1) is 7.60. The summed E-state index contributed by atoms with van der Waals surface area (Å²) in [5.41, 5.74) is 2.05. The highest BCUT2D eigenvalue weighted by Gasteiger charge is 2.19. The van der Waals surface area contributed by atoms with E-state index in [9.17, 15) is 4.79 Å². The monoisotopic (exact) mass is 284 g/mol. The molecule has 1 aromatic carbocycles. The summed E-state index contributed by atoms with van der Waals surface area (Å²) < 4.78 is 6.33. The van der Waals surface area contributed by atoms with E-state index >= 15 is 0 Å². The summed E-state index contributed by atoms with van der Waals surface area (Å²) in [6, 6.07) is 5.88. The molecule has 0 aliphatic carbocycles. The normalized spacial score (nSPS) is 12.5. The number of benzene rings is 1. The van der Waals surface area contributed by atoms with Crippen molar-refractivity contribution in [3.8, 4) is 0 Å². The Morgan fingerprint density at radius 1 is 1.50 bits per heavy atom. The van der Waals surface area contributed by atoms with Crippen LogP contribution in [-0.4, -0.2) is 12.9 Å². The third kappa shape index (κ3) is 3.16. The Morgan fingerprint density at radius 3 is 2.69 bits per heavy atom. The number of hydrogen-bond donors (Lipinski definition) is 0. The molecule has 0 saturated carbocycles. The Kier molecular flexibility index (Phi) is 5.16. The quantitative estimate of drug-likeness (QED) is 0.822. The van der Waals surface area contributed by atoms with Gasteiger partial charge in [0.2, 0.25) is 0 Å². The van der Waals surface area contributed by atoms with Crippen LogP contribution in [0.15, 0.2) is 22.7 Å². The van der Waals surface area contributed by atoms with E-state index in [0.29, 0.717) is 6.42 Å². The predicted molar refractivity (Wildman–Crippen MR) is 68.5 cm³/mol. The van der Waals surface area contributed by atoms with Gasteiger partial charge in [-0.25, -0.2) is 0 Å². The van der Waals surface area contributed by atoms with Gasteiger partial charge in [0.1, 0.15) is 6.10 Å². The van der Waals surface area contributed by atoms with E-state index < -0.39 is 6.10 Å². The van der Waals surface area contributed by atoms with Gasteiger partial charge in [0.15, 0.2) is 5.78 Å². The van der Waals surface area contributed by atoms with E-state index in [2.05, 4.69) is 15.9 Å². The first-order valence-electron chi connectivity index (χ1n) is 5.41. The number of methoxy groups -OCH3 is 1. The van der Waals surface area contributed by atoms with Gasteiger partial charge in [-0.3, -0.25) is 4.79 Å². The summed E-state index contributed by atoms with van der Waals surface area (Å²) in [5, 5.41) is 0. The molecule has 0 heterocycles. The summed E-state index contributed by atoms with van der Waals surface area (Å²) in [6.07, 6.45) is 0.994. The fourth-order valence-corrected chi connectivity index (χ4v) is 1.91. The number of carbonyl (C=O) groups excluding carboxylic acids is 1. The van der Waals surface area contributed by atoms with E-state index in [-0.39, 0.29) is 5.78 Å². The fraction of sp³-hybridized carbons (Fsp3) is 0.462. The van der Waals surface area contributed by atoms with Gasteiger partial charge in [-0.1, -0.05) is 35.0 Å². The summed E-state index contributed by atoms with van der Waals surface area (Å²) >= 11 is 3.44. The highest BCUT2D eigenvalue weighted by atomic mass is 79.9. The average Bonchev–Trinajstić information content (AvgIpc) is 2.25. The number of halogens is 1. The van der Waals surface area contributed by atoms with Gasteiger partial charge in [0, 0.05) is 18.0 Å². The number of ketones is 1. The van der Waals surface area contributed by atoms with E-state index in [4.69, 9.17) is 4.74 Å². The Morgan fingerprint density at radius 2 is 2.19 bits per heavy atom. The molecule has 1 aromatic rings. The van der Waals surface area contributed by atoms with E-state index in [1.807, 2.05) is 32.0 Å². The molecule has 0 bridgehead atoms. The Labute approximate surface area is 105 Å². The molecule has 0 radical (unpaired) electrons. The molecule has 0 N–H and O–H groups in total. The average molecular weight is 285 g/mol. The van der Waals surface area contributed by atoms with Crippen molar-refractivity contribution >= 4 is 21.7 Å². The molecule has 0 spiro atoms. The molecule has 0 aromatic heterocycles. The smallest absolute Gasteiger partial charge is 0.166 e. The molecule has 0 aliphatic rings. The lowest BCUT2D eigenvalue weighted by atomic mass is 10.0. The van der Waals surface area contributed by atoms with Crippen LogP contribution >= 0.6 is 15.9 Å². The van der Waals surface area contributed by atoms with Crippen LogP contribution in [0.25, 0.3) is 0 Å². The third-order valence-electron chi connectivity index (χ3n) is 2.51. The van der Waals surface area contributed by atoms with Crippen molar-refractivity contribution in [2.75, 3.05) is 7.11 Å². The molecule has 1 rings (SSSR count). The van der Waals surface area contributed by atoms with Crippen LogP contribution in [0, 0.1) is 6.92 Å². The Balaban J connectivity index is 2.95. The van der Waals surface area contributed by atoms with Crippen molar-refractivity contribution in [2.24, 2.45) is 0 Å². The summed E-state index contributed by atoms with van der Waals surface area (Å²) in [6.45, 7) is 4.00. The van der Waals surface area contributed by atoms with E-state index in [1.54, 1.807) is 7.11 Å². The van der Waals surface area contributed by atoms with Crippen LogP contribution in [0.3, 0.4) is 0 Å². The molecule has 88 valence electrons. The van der Waals surface area contributed by atoms with Crippen LogP contribution in [0.5, 0.6) is 0 Å². The zero-order valence-corrected chi connectivity index (χ0v) is 11.5. The molecule has 16 heavy (non-hydrogen) atoms. The molecule has 0 saturated heterocycles. The van der Waals surface area contributed by atoms with Gasteiger partial charge in [-0.15, -0.1) is 0 Å². The van der Waals surface area contributed by atoms with Gasteiger partial charge in [-0.05, 0) is 30.5 Å². The number of hydrogen-bond acceptors (Lipinski definition) is 2. The van der Waals surface area contributed by atoms with Crippen LogP contribution in [-0.2, 0) is 9.53 Å². The van der Waals surface area contributed by atoms with Crippen LogP contribution in [0.4, 0.5) is 0 Å². The second kappa shape index (κ2) is 6.16. The van der Waals surface area contributed by atoms with Crippen LogP contribution in [0.2, 0.25) is 0 Å². The largest absolute Gasteiger partial charge is 0.369 e. The molecule has 1 unspecified atom stereocenters. The molecule has 1 atom stereocenters. The maximum Gasteiger partial charge on any atom is 0.166 e. The predicted octanol–water partition coefficient (Wildman–Crippen LogP) is 3.81. The van der Waals surface area contributed by atoms with Crippen molar-refractivity contribution in [3.63, 3.8) is 0 Å². The minimum Gasteiger partial charge on any atom is -0.369 e. The molecule has 3 heteroatoms. The van der Waals surface area contributed by atoms with Gasteiger partial charge >= 0.3 is 0 Å². The Hall–Kier alpha value is -0.670. The van der Waals surface area contributed by atoms with Crippen molar-refractivity contribution < 1.29 is 9.53 Å². The van der Waals surface area contributed by atoms with E-state index in [1.165, 1.54) is 0 Å². The van der Waals surface area contributed by atoms with Gasteiger partial charge in [0.25, 0.3) is 0 Å². The van der Waals surface area contributed by atoms with Crippen molar-refractivity contribution in [1.82, 2.24) is 0 Å². The number of rotatable bonds is 5. The standard InChI is InChI=1S/C13H17BrO2/c1-4-5-12(15)13(16-3)10-6-7-11(14)9(2)8-10/h6-8,13H,4-5H2,1-3H3. The van der Waals surface area contributed by atoms with Gasteiger partial charge in [-0.2, -0.15) is 0 Å². The maximum atomic E-state index is 11.8. The lowest BCUT2D eigenvalue weighted by Crippen LogP contribution is -2.14. The molecular formula is C13H17BrO2. The molecule has 0 aliphatic heterocycles. The Bertz CT molecular complexity index is 374. The number of aryl methyl sites for hydroxylation is 1. The molecule has 2 nitrogen and oxygen atoms in total. The highest BCUT2D eigenvalue weighted by Crippen LogP contribution is 2.24. The maximum absolute atomic E-state index is 11.8. The number of carbonyl (C=O) groups is 1. The van der Waals surface area contributed by atoms with E-state index in [0.717, 1.165) is 22.0 Å². The number of Topliss-reactive ketones (excluding diaryl/α,β-unsaturated/α-hetero) is 1. The lowest BCUT2D eigenvalue weighted by Gasteiger charge is -2.15. The SMILES string of the molecule is CCCC(=O)C(OC)c1ccc(Br)c(C)c1. The third-order valence-corrected chi connectivity index (χ3v) is 3.40. The fourth-order valence-electron chi connectivity index (χ4n) is 1.66. The minimum atomic E-state index is -0.424. The topological polar surface area (TPSA) is 26.3 Å². The van der Waals surface area contributed by atoms with Crippen molar-refractivity contribution in [3.05, 3.63) is 33.8 Å². The second-order valence-corrected chi connectivity index (χ2v) is 4.70. The highest BCUT2D eigenvalue weighted by molar-refractivity contribution is 9.10. The summed E-state index contributed by atoms with van der Waals surface area (Å²) in [7, 11) is 1.58. The second-order valence-electron chi connectivity index (χ2n) is 3.84. The van der Waals surface area contributed by atoms with Crippen LogP contribution in [0.1, 0.15) is 37.0 Å². The summed E-state index contributed by atoms with van der Waals surface area (Å²) in [5.74, 6) is 0.145.